The third kappa shape index (κ3) is 1.50. The van der Waals surface area contributed by atoms with Gasteiger partial charge in [-0.2, -0.15) is 0 Å². The van der Waals surface area contributed by atoms with Gasteiger partial charge in [0.1, 0.15) is 5.78 Å². The summed E-state index contributed by atoms with van der Waals surface area (Å²) in [7, 11) is 0. The van der Waals surface area contributed by atoms with Crippen LogP contribution in [0.4, 0.5) is 0 Å². The fourth-order valence-electron chi connectivity index (χ4n) is 3.93. The van der Waals surface area contributed by atoms with Gasteiger partial charge in [0.15, 0.2) is 5.78 Å². The molecule has 0 unspecified atom stereocenters. The average molecular weight is 258 g/mol. The number of fused-ring (bicyclic) bond motifs is 1. The molecule has 0 radical (unpaired) electrons. The van der Waals surface area contributed by atoms with Crippen LogP contribution in [0.3, 0.4) is 0 Å². The Bertz CT molecular complexity index is 577. The first-order valence-corrected chi connectivity index (χ1v) is 6.69. The van der Waals surface area contributed by atoms with E-state index in [-0.39, 0.29) is 22.9 Å². The highest BCUT2D eigenvalue weighted by atomic mass is 16.3. The second-order valence-electron chi connectivity index (χ2n) is 6.52. The molecule has 3 rings (SSSR count). The summed E-state index contributed by atoms with van der Waals surface area (Å²) >= 11 is 0. The summed E-state index contributed by atoms with van der Waals surface area (Å²) in [5, 5.41) is 0. The first-order chi connectivity index (χ1) is 8.87. The average Bonchev–Trinajstić information content (AvgIpc) is 2.92. The van der Waals surface area contributed by atoms with E-state index >= 15 is 0 Å². The molecule has 2 aliphatic carbocycles. The maximum atomic E-state index is 12.5. The zero-order chi connectivity index (χ0) is 13.8. The van der Waals surface area contributed by atoms with Gasteiger partial charge < -0.3 is 4.42 Å². The van der Waals surface area contributed by atoms with Crippen LogP contribution in [0.5, 0.6) is 0 Å². The molecule has 0 bridgehead atoms. The van der Waals surface area contributed by atoms with E-state index in [9.17, 15) is 9.59 Å². The van der Waals surface area contributed by atoms with Gasteiger partial charge in [0.25, 0.3) is 0 Å². The van der Waals surface area contributed by atoms with Crippen LogP contribution < -0.4 is 0 Å². The van der Waals surface area contributed by atoms with Crippen LogP contribution in [0.1, 0.15) is 39.2 Å². The number of rotatable bonds is 1. The monoisotopic (exact) mass is 258 g/mol. The molecule has 100 valence electrons. The van der Waals surface area contributed by atoms with Crippen LogP contribution in [0.15, 0.2) is 29.1 Å². The molecule has 0 spiro atoms. The summed E-state index contributed by atoms with van der Waals surface area (Å²) in [6, 6.07) is 1.82. The molecule has 3 nitrogen and oxygen atoms in total. The Morgan fingerprint density at radius 1 is 1.26 bits per heavy atom. The molecule has 3 heteroatoms. The van der Waals surface area contributed by atoms with E-state index < -0.39 is 5.41 Å². The molecule has 2 atom stereocenters. The molecule has 0 amide bonds. The lowest BCUT2D eigenvalue weighted by molar-refractivity contribution is -0.141. The van der Waals surface area contributed by atoms with Gasteiger partial charge in [-0.05, 0) is 36.5 Å². The van der Waals surface area contributed by atoms with E-state index in [2.05, 4.69) is 13.8 Å². The van der Waals surface area contributed by atoms with E-state index in [1.54, 1.807) is 18.6 Å². The molecule has 19 heavy (non-hydrogen) atoms. The zero-order valence-corrected chi connectivity index (χ0v) is 11.5. The molecule has 1 aromatic rings. The molecule has 1 saturated carbocycles. The molecule has 0 aliphatic heterocycles. The molecule has 1 aromatic heterocycles. The number of Topliss-reactive ketones (excluding diaryl/α,β-unsaturated/α-hetero) is 1. The van der Waals surface area contributed by atoms with E-state index in [1.165, 1.54) is 0 Å². The largest absolute Gasteiger partial charge is 0.472 e. The molecule has 0 aromatic carbocycles. The quantitative estimate of drug-likeness (QED) is 0.776. The molecule has 2 aliphatic rings. The number of carbonyl (C=O) groups is 2. The lowest BCUT2D eigenvalue weighted by atomic mass is 9.55. The SMILES string of the molecule is CC1(C)CCC(=O)[C@@]2(C)C(c3ccoc3)=CC(=O)[C@@H]12. The highest BCUT2D eigenvalue weighted by molar-refractivity contribution is 6.15. The highest BCUT2D eigenvalue weighted by Crippen LogP contribution is 2.58. The second kappa shape index (κ2) is 3.69. The van der Waals surface area contributed by atoms with Crippen molar-refractivity contribution in [1.82, 2.24) is 0 Å². The Labute approximate surface area is 112 Å². The molecular weight excluding hydrogens is 240 g/mol. The van der Waals surface area contributed by atoms with Gasteiger partial charge in [0, 0.05) is 17.9 Å². The van der Waals surface area contributed by atoms with Crippen molar-refractivity contribution in [3.8, 4) is 0 Å². The number of ketones is 2. The number of carbonyl (C=O) groups excluding carboxylic acids is 2. The fourth-order valence-corrected chi connectivity index (χ4v) is 3.93. The van der Waals surface area contributed by atoms with Gasteiger partial charge in [0.2, 0.25) is 0 Å². The predicted octanol–water partition coefficient (Wildman–Crippen LogP) is 3.26. The van der Waals surface area contributed by atoms with Crippen LogP contribution in [0.2, 0.25) is 0 Å². The van der Waals surface area contributed by atoms with Gasteiger partial charge in [-0.3, -0.25) is 9.59 Å². The summed E-state index contributed by atoms with van der Waals surface area (Å²) in [4.78, 5) is 24.9. The molecule has 0 N–H and O–H groups in total. The van der Waals surface area contributed by atoms with Crippen molar-refractivity contribution in [2.75, 3.05) is 0 Å². The van der Waals surface area contributed by atoms with Crippen molar-refractivity contribution in [2.45, 2.75) is 33.6 Å². The Kier molecular flexibility index (Phi) is 2.40. The fraction of sp³-hybridized carbons (Fsp3) is 0.500. The first kappa shape index (κ1) is 12.4. The predicted molar refractivity (Wildman–Crippen MR) is 71.3 cm³/mol. The third-order valence-corrected chi connectivity index (χ3v) is 4.90. The third-order valence-electron chi connectivity index (χ3n) is 4.90. The summed E-state index contributed by atoms with van der Waals surface area (Å²) in [6.45, 7) is 6.10. The van der Waals surface area contributed by atoms with Gasteiger partial charge >= 0.3 is 0 Å². The van der Waals surface area contributed by atoms with Crippen molar-refractivity contribution in [3.63, 3.8) is 0 Å². The smallest absolute Gasteiger partial charge is 0.160 e. The molecule has 1 fully saturated rings. The Balaban J connectivity index is 2.17. The van der Waals surface area contributed by atoms with Crippen LogP contribution in [-0.2, 0) is 9.59 Å². The summed E-state index contributed by atoms with van der Waals surface area (Å²) in [5.74, 6) is 0.0121. The second-order valence-corrected chi connectivity index (χ2v) is 6.52. The van der Waals surface area contributed by atoms with E-state index in [0.717, 1.165) is 17.6 Å². The molecule has 0 saturated heterocycles. The first-order valence-electron chi connectivity index (χ1n) is 6.69. The maximum Gasteiger partial charge on any atom is 0.160 e. The maximum absolute atomic E-state index is 12.5. The number of allylic oxidation sites excluding steroid dienone is 2. The number of hydrogen-bond donors (Lipinski definition) is 0. The highest BCUT2D eigenvalue weighted by Gasteiger charge is 2.59. The van der Waals surface area contributed by atoms with Crippen LogP contribution >= 0.6 is 0 Å². The summed E-state index contributed by atoms with van der Waals surface area (Å²) in [6.07, 6.45) is 6.17. The van der Waals surface area contributed by atoms with Crippen LogP contribution in [-0.4, -0.2) is 11.6 Å². The van der Waals surface area contributed by atoms with Gasteiger partial charge in [-0.1, -0.05) is 13.8 Å². The Morgan fingerprint density at radius 2 is 2.00 bits per heavy atom. The van der Waals surface area contributed by atoms with Crippen molar-refractivity contribution < 1.29 is 14.0 Å². The summed E-state index contributed by atoms with van der Waals surface area (Å²) in [5.41, 5.74) is 0.850. The molecular formula is C16H18O3. The lowest BCUT2D eigenvalue weighted by Crippen LogP contribution is -2.48. The number of hydrogen-bond acceptors (Lipinski definition) is 3. The van der Waals surface area contributed by atoms with E-state index in [4.69, 9.17) is 4.42 Å². The minimum absolute atomic E-state index is 0.0803. The number of furan rings is 1. The standard InChI is InChI=1S/C16H18O3/c1-15(2)6-4-13(18)16(3)11(8-12(17)14(15)16)10-5-7-19-9-10/h5,7-9,14H,4,6H2,1-3H3/t14-,16+/m0/s1. The van der Waals surface area contributed by atoms with Crippen molar-refractivity contribution in [1.29, 1.82) is 0 Å². The minimum Gasteiger partial charge on any atom is -0.472 e. The Morgan fingerprint density at radius 3 is 2.63 bits per heavy atom. The topological polar surface area (TPSA) is 47.3 Å². The normalized spacial score (nSPS) is 33.2. The zero-order valence-electron chi connectivity index (χ0n) is 11.5. The van der Waals surface area contributed by atoms with Crippen molar-refractivity contribution in [3.05, 3.63) is 30.2 Å². The van der Waals surface area contributed by atoms with Crippen LogP contribution in [0, 0.1) is 16.7 Å². The Hall–Kier alpha value is -1.64. The molecule has 1 heterocycles. The lowest BCUT2D eigenvalue weighted by Gasteiger charge is -2.46. The van der Waals surface area contributed by atoms with Gasteiger partial charge in [0.05, 0.1) is 17.9 Å². The van der Waals surface area contributed by atoms with Gasteiger partial charge in [-0.15, -0.1) is 0 Å². The minimum atomic E-state index is -0.692. The van der Waals surface area contributed by atoms with E-state index in [0.29, 0.717) is 6.42 Å². The van der Waals surface area contributed by atoms with Crippen LogP contribution in [0.25, 0.3) is 5.57 Å². The van der Waals surface area contributed by atoms with Crippen molar-refractivity contribution >= 4 is 17.1 Å². The van der Waals surface area contributed by atoms with Crippen molar-refractivity contribution in [2.24, 2.45) is 16.7 Å². The van der Waals surface area contributed by atoms with Gasteiger partial charge in [-0.25, -0.2) is 0 Å². The van der Waals surface area contributed by atoms with E-state index in [1.807, 2.05) is 13.0 Å². The summed E-state index contributed by atoms with van der Waals surface area (Å²) < 4.78 is 5.11.